The van der Waals surface area contributed by atoms with Crippen molar-refractivity contribution in [3.63, 3.8) is 0 Å². The molecule has 0 radical (unpaired) electrons. The molecule has 0 fully saturated rings. The molecule has 0 bridgehead atoms. The maximum atomic E-state index is 12.0. The van der Waals surface area contributed by atoms with Gasteiger partial charge in [-0.3, -0.25) is 4.79 Å². The molecule has 0 spiro atoms. The average Bonchev–Trinajstić information content (AvgIpc) is 3.20. The number of carbonyl (C=O) groups is 1. The van der Waals surface area contributed by atoms with Crippen molar-refractivity contribution in [3.05, 3.63) is 40.7 Å². The summed E-state index contributed by atoms with van der Waals surface area (Å²) < 4.78 is 1.67. The number of aromatic nitrogens is 6. The molecule has 0 saturated heterocycles. The monoisotopic (exact) mass is 309 g/mol. The number of hydrogen-bond donors (Lipinski definition) is 1. The van der Waals surface area contributed by atoms with Gasteiger partial charge in [-0.1, -0.05) is 11.2 Å². The van der Waals surface area contributed by atoms with E-state index in [4.69, 9.17) is 0 Å². The van der Waals surface area contributed by atoms with Crippen LogP contribution in [0.5, 0.6) is 0 Å². The predicted molar refractivity (Wildman–Crippen MR) is 82.0 cm³/mol. The summed E-state index contributed by atoms with van der Waals surface area (Å²) in [4.78, 5) is 13.7. The fraction of sp³-hybridized carbons (Fsp3) is 0.267. The van der Waals surface area contributed by atoms with Gasteiger partial charge in [-0.05, 0) is 42.3 Å². The molecule has 0 saturated carbocycles. The number of amides is 1. The molecule has 3 aromatic rings. The van der Waals surface area contributed by atoms with Gasteiger partial charge in [0, 0.05) is 24.7 Å². The SMILES string of the molecule is Cc1nn(-c2nn[nH]n2)c(C)c1-c1ccc2c(c1)CN(C)C2=O. The number of fused-ring (bicyclic) bond motifs is 1. The average molecular weight is 309 g/mol. The summed E-state index contributed by atoms with van der Waals surface area (Å²) in [7, 11) is 1.81. The van der Waals surface area contributed by atoms with Gasteiger partial charge in [0.1, 0.15) is 0 Å². The topological polar surface area (TPSA) is 92.6 Å². The minimum Gasteiger partial charge on any atom is -0.337 e. The van der Waals surface area contributed by atoms with Crippen molar-refractivity contribution in [2.75, 3.05) is 7.05 Å². The Balaban J connectivity index is 1.84. The van der Waals surface area contributed by atoms with E-state index in [1.54, 1.807) is 9.58 Å². The molecule has 1 amide bonds. The first-order chi connectivity index (χ1) is 11.1. The van der Waals surface area contributed by atoms with Gasteiger partial charge in [0.15, 0.2) is 0 Å². The third-order valence-electron chi connectivity index (χ3n) is 4.19. The van der Waals surface area contributed by atoms with Gasteiger partial charge in [0.05, 0.1) is 11.4 Å². The molecule has 4 rings (SSSR count). The number of benzene rings is 1. The number of hydrogen-bond acceptors (Lipinski definition) is 5. The summed E-state index contributed by atoms with van der Waals surface area (Å²) in [5.74, 6) is 0.482. The Morgan fingerprint density at radius 3 is 2.83 bits per heavy atom. The van der Waals surface area contributed by atoms with E-state index in [0.717, 1.165) is 33.6 Å². The largest absolute Gasteiger partial charge is 0.337 e. The lowest BCUT2D eigenvalue weighted by molar-refractivity contribution is 0.0816. The molecule has 23 heavy (non-hydrogen) atoms. The first-order valence-electron chi connectivity index (χ1n) is 7.25. The van der Waals surface area contributed by atoms with Crippen molar-refractivity contribution in [1.29, 1.82) is 0 Å². The standard InChI is InChI=1S/C15H15N7O/c1-8-13(9(2)22(18-8)15-16-19-20-17-15)10-4-5-12-11(6-10)7-21(3)14(12)23/h4-6H,7H2,1-3H3,(H,16,17,19,20). The Morgan fingerprint density at radius 2 is 2.09 bits per heavy atom. The number of nitrogens with one attached hydrogen (secondary N) is 1. The van der Waals surface area contributed by atoms with Crippen molar-refractivity contribution in [1.82, 2.24) is 35.3 Å². The Labute approximate surface area is 132 Å². The van der Waals surface area contributed by atoms with E-state index in [2.05, 4.69) is 31.8 Å². The van der Waals surface area contributed by atoms with E-state index < -0.39 is 0 Å². The Morgan fingerprint density at radius 1 is 1.26 bits per heavy atom. The zero-order valence-corrected chi connectivity index (χ0v) is 13.0. The highest BCUT2D eigenvalue weighted by Crippen LogP contribution is 2.32. The van der Waals surface area contributed by atoms with Crippen molar-refractivity contribution >= 4 is 5.91 Å². The molecule has 1 aliphatic rings. The van der Waals surface area contributed by atoms with Gasteiger partial charge in [-0.2, -0.15) is 15.0 Å². The summed E-state index contributed by atoms with van der Waals surface area (Å²) in [6.45, 7) is 4.55. The Kier molecular flexibility index (Phi) is 2.80. The van der Waals surface area contributed by atoms with Crippen LogP contribution in [0.15, 0.2) is 18.2 Å². The zero-order valence-electron chi connectivity index (χ0n) is 13.0. The van der Waals surface area contributed by atoms with Crippen LogP contribution < -0.4 is 0 Å². The number of H-pyrrole nitrogens is 1. The number of nitrogens with zero attached hydrogens (tertiary/aromatic N) is 6. The number of tetrazole rings is 1. The lowest BCUT2D eigenvalue weighted by atomic mass is 9.99. The van der Waals surface area contributed by atoms with E-state index in [9.17, 15) is 4.79 Å². The molecule has 8 heteroatoms. The van der Waals surface area contributed by atoms with Crippen LogP contribution in [0, 0.1) is 13.8 Å². The molecular weight excluding hydrogens is 294 g/mol. The lowest BCUT2D eigenvalue weighted by Gasteiger charge is -2.05. The fourth-order valence-electron chi connectivity index (χ4n) is 3.12. The van der Waals surface area contributed by atoms with Crippen LogP contribution in [0.3, 0.4) is 0 Å². The molecule has 0 aliphatic carbocycles. The fourth-order valence-corrected chi connectivity index (χ4v) is 3.12. The van der Waals surface area contributed by atoms with Crippen LogP contribution in [0.25, 0.3) is 17.1 Å². The van der Waals surface area contributed by atoms with Gasteiger partial charge in [-0.15, -0.1) is 5.10 Å². The number of aromatic amines is 1. The first-order valence-corrected chi connectivity index (χ1v) is 7.25. The van der Waals surface area contributed by atoms with Gasteiger partial charge >= 0.3 is 0 Å². The zero-order chi connectivity index (χ0) is 16.1. The third kappa shape index (κ3) is 1.95. The second kappa shape index (κ2) is 4.73. The second-order valence-electron chi connectivity index (χ2n) is 5.70. The Bertz CT molecular complexity index is 910. The summed E-state index contributed by atoms with van der Waals surface area (Å²) in [5, 5.41) is 18.5. The highest BCUT2D eigenvalue weighted by atomic mass is 16.2. The van der Waals surface area contributed by atoms with Crippen LogP contribution >= 0.6 is 0 Å². The summed E-state index contributed by atoms with van der Waals surface area (Å²) in [6.07, 6.45) is 0. The van der Waals surface area contributed by atoms with Crippen LogP contribution in [-0.4, -0.2) is 48.3 Å². The number of aryl methyl sites for hydroxylation is 1. The molecule has 8 nitrogen and oxygen atoms in total. The van der Waals surface area contributed by atoms with Crippen LogP contribution in [0.4, 0.5) is 0 Å². The first kappa shape index (κ1) is 13.6. The van der Waals surface area contributed by atoms with Crippen LogP contribution in [-0.2, 0) is 6.54 Å². The number of rotatable bonds is 2. The van der Waals surface area contributed by atoms with Gasteiger partial charge in [0.2, 0.25) is 0 Å². The van der Waals surface area contributed by atoms with E-state index in [-0.39, 0.29) is 5.91 Å². The predicted octanol–water partition coefficient (Wildman–Crippen LogP) is 1.25. The smallest absolute Gasteiger partial charge is 0.290 e. The minimum absolute atomic E-state index is 0.0717. The second-order valence-corrected chi connectivity index (χ2v) is 5.70. The van der Waals surface area contributed by atoms with Crippen LogP contribution in [0.1, 0.15) is 27.3 Å². The quantitative estimate of drug-likeness (QED) is 0.769. The molecule has 3 heterocycles. The lowest BCUT2D eigenvalue weighted by Crippen LogP contribution is -2.17. The summed E-state index contributed by atoms with van der Waals surface area (Å²) in [5.41, 5.74) is 5.70. The highest BCUT2D eigenvalue weighted by Gasteiger charge is 2.25. The van der Waals surface area contributed by atoms with Crippen molar-refractivity contribution in [3.8, 4) is 17.1 Å². The van der Waals surface area contributed by atoms with E-state index in [1.165, 1.54) is 0 Å². The van der Waals surface area contributed by atoms with E-state index in [1.807, 2.05) is 33.0 Å². The molecule has 116 valence electrons. The normalized spacial score (nSPS) is 13.7. The molecule has 1 N–H and O–H groups in total. The molecule has 0 atom stereocenters. The Hall–Kier alpha value is -3.03. The van der Waals surface area contributed by atoms with E-state index in [0.29, 0.717) is 12.5 Å². The van der Waals surface area contributed by atoms with Gasteiger partial charge in [0.25, 0.3) is 11.9 Å². The summed E-state index contributed by atoms with van der Waals surface area (Å²) >= 11 is 0. The maximum Gasteiger partial charge on any atom is 0.290 e. The summed E-state index contributed by atoms with van der Waals surface area (Å²) in [6, 6.07) is 5.92. The highest BCUT2D eigenvalue weighted by molar-refractivity contribution is 5.98. The van der Waals surface area contributed by atoms with Gasteiger partial charge < -0.3 is 4.90 Å². The third-order valence-corrected chi connectivity index (χ3v) is 4.19. The van der Waals surface area contributed by atoms with Crippen molar-refractivity contribution < 1.29 is 4.79 Å². The van der Waals surface area contributed by atoms with Gasteiger partial charge in [-0.25, -0.2) is 0 Å². The maximum absolute atomic E-state index is 12.0. The molecule has 1 aromatic carbocycles. The molecule has 2 aromatic heterocycles. The van der Waals surface area contributed by atoms with E-state index >= 15 is 0 Å². The van der Waals surface area contributed by atoms with Crippen LogP contribution in [0.2, 0.25) is 0 Å². The molecule has 0 unspecified atom stereocenters. The molecular formula is C15H15N7O. The minimum atomic E-state index is 0.0717. The van der Waals surface area contributed by atoms with Crippen molar-refractivity contribution in [2.45, 2.75) is 20.4 Å². The van der Waals surface area contributed by atoms with Crippen molar-refractivity contribution in [2.24, 2.45) is 0 Å². The number of carbonyl (C=O) groups excluding carboxylic acids is 1. The molecule has 1 aliphatic heterocycles.